The van der Waals surface area contributed by atoms with Gasteiger partial charge < -0.3 is 9.26 Å². The van der Waals surface area contributed by atoms with Crippen molar-refractivity contribution in [1.29, 1.82) is 0 Å². The Hall–Kier alpha value is -2.88. The van der Waals surface area contributed by atoms with Crippen molar-refractivity contribution in [3.8, 4) is 28.1 Å². The van der Waals surface area contributed by atoms with Crippen molar-refractivity contribution in [3.05, 3.63) is 71.1 Å². The minimum atomic E-state index is -0.472. The average molecular weight is 279 g/mol. The van der Waals surface area contributed by atoms with Gasteiger partial charge in [-0.1, -0.05) is 47.6 Å². The number of methoxy groups -OCH3 is 1. The number of aromatic nitrogens is 1. The largest absolute Gasteiger partial charge is 0.497 e. The highest BCUT2D eigenvalue weighted by molar-refractivity contribution is 5.80. The Kier molecular flexibility index (Phi) is 3.51. The Morgan fingerprint density at radius 2 is 1.67 bits per heavy atom. The molecular formula is C17H13NO3. The van der Waals surface area contributed by atoms with E-state index < -0.39 is 5.63 Å². The van der Waals surface area contributed by atoms with Crippen molar-refractivity contribution in [2.24, 2.45) is 0 Å². The zero-order valence-corrected chi connectivity index (χ0v) is 11.4. The quantitative estimate of drug-likeness (QED) is 0.737. The van der Waals surface area contributed by atoms with E-state index in [2.05, 4.69) is 5.16 Å². The van der Waals surface area contributed by atoms with Crippen LogP contribution in [0.15, 0.2) is 70.0 Å². The summed E-state index contributed by atoms with van der Waals surface area (Å²) in [5, 5.41) is 3.95. The minimum absolute atomic E-state index is 0.472. The number of hydrogen-bond donors (Lipinski definition) is 0. The molecule has 0 atom stereocenters. The molecule has 0 N–H and O–H groups in total. The maximum Gasteiger partial charge on any atom is 0.359 e. The predicted molar refractivity (Wildman–Crippen MR) is 80.2 cm³/mol. The highest BCUT2D eigenvalue weighted by Gasteiger charge is 2.11. The van der Waals surface area contributed by atoms with Crippen LogP contribution in [0.25, 0.3) is 22.4 Å². The molecule has 0 spiro atoms. The van der Waals surface area contributed by atoms with Gasteiger partial charge in [-0.05, 0) is 17.7 Å². The van der Waals surface area contributed by atoms with E-state index in [-0.39, 0.29) is 0 Å². The fraction of sp³-hybridized carbons (Fsp3) is 0.0588. The number of rotatable bonds is 3. The fourth-order valence-corrected chi connectivity index (χ4v) is 2.15. The van der Waals surface area contributed by atoms with Gasteiger partial charge in [-0.3, -0.25) is 0 Å². The minimum Gasteiger partial charge on any atom is -0.497 e. The SMILES string of the molecule is COc1ccc(-c2cc(=O)onc2-c2ccccc2)cc1. The summed E-state index contributed by atoms with van der Waals surface area (Å²) >= 11 is 0. The van der Waals surface area contributed by atoms with Crippen LogP contribution in [0.2, 0.25) is 0 Å². The third-order valence-electron chi connectivity index (χ3n) is 3.19. The normalized spacial score (nSPS) is 10.3. The van der Waals surface area contributed by atoms with E-state index in [0.29, 0.717) is 5.69 Å². The van der Waals surface area contributed by atoms with Gasteiger partial charge in [-0.2, -0.15) is 0 Å². The molecule has 3 aromatic rings. The van der Waals surface area contributed by atoms with Gasteiger partial charge in [0.05, 0.1) is 7.11 Å². The molecule has 21 heavy (non-hydrogen) atoms. The Labute approximate surface area is 121 Å². The number of nitrogens with zero attached hydrogens (tertiary/aromatic N) is 1. The van der Waals surface area contributed by atoms with Gasteiger partial charge >= 0.3 is 5.63 Å². The molecule has 2 aromatic carbocycles. The van der Waals surface area contributed by atoms with Crippen LogP contribution < -0.4 is 10.4 Å². The lowest BCUT2D eigenvalue weighted by atomic mass is 10.0. The van der Waals surface area contributed by atoms with Crippen LogP contribution in [0.1, 0.15) is 0 Å². The van der Waals surface area contributed by atoms with Crippen LogP contribution in [0.4, 0.5) is 0 Å². The van der Waals surface area contributed by atoms with Crippen LogP contribution in [-0.2, 0) is 0 Å². The monoisotopic (exact) mass is 279 g/mol. The zero-order valence-electron chi connectivity index (χ0n) is 11.4. The van der Waals surface area contributed by atoms with Crippen molar-refractivity contribution < 1.29 is 9.26 Å². The Morgan fingerprint density at radius 1 is 0.952 bits per heavy atom. The number of hydrogen-bond acceptors (Lipinski definition) is 4. The van der Waals surface area contributed by atoms with Crippen molar-refractivity contribution in [1.82, 2.24) is 5.16 Å². The van der Waals surface area contributed by atoms with Gasteiger partial charge in [-0.15, -0.1) is 0 Å². The summed E-state index contributed by atoms with van der Waals surface area (Å²) in [6.07, 6.45) is 0. The Bertz CT molecular complexity index is 792. The fourth-order valence-electron chi connectivity index (χ4n) is 2.15. The molecule has 0 fully saturated rings. The highest BCUT2D eigenvalue weighted by Crippen LogP contribution is 2.29. The first-order valence-corrected chi connectivity index (χ1v) is 6.49. The second-order valence-electron chi connectivity index (χ2n) is 4.50. The standard InChI is InChI=1S/C17H13NO3/c1-20-14-9-7-12(8-10-14)15-11-16(19)21-18-17(15)13-5-3-2-4-6-13/h2-11H,1H3. The molecule has 104 valence electrons. The van der Waals surface area contributed by atoms with Crippen LogP contribution in [0, 0.1) is 0 Å². The first-order chi connectivity index (χ1) is 10.3. The van der Waals surface area contributed by atoms with Crippen molar-refractivity contribution in [3.63, 3.8) is 0 Å². The van der Waals surface area contributed by atoms with Crippen LogP contribution in [0.3, 0.4) is 0 Å². The molecule has 0 unspecified atom stereocenters. The van der Waals surface area contributed by atoms with Gasteiger partial charge in [0.25, 0.3) is 0 Å². The second-order valence-corrected chi connectivity index (χ2v) is 4.50. The van der Waals surface area contributed by atoms with Gasteiger partial charge in [-0.25, -0.2) is 4.79 Å². The van der Waals surface area contributed by atoms with Crippen LogP contribution in [-0.4, -0.2) is 12.3 Å². The van der Waals surface area contributed by atoms with Gasteiger partial charge in [0.15, 0.2) is 0 Å². The molecule has 0 radical (unpaired) electrons. The molecule has 0 saturated carbocycles. The topological polar surface area (TPSA) is 52.3 Å². The summed E-state index contributed by atoms with van der Waals surface area (Å²) in [6, 6.07) is 18.5. The van der Waals surface area contributed by atoms with E-state index >= 15 is 0 Å². The third-order valence-corrected chi connectivity index (χ3v) is 3.19. The highest BCUT2D eigenvalue weighted by atomic mass is 16.5. The molecule has 4 heteroatoms. The lowest BCUT2D eigenvalue weighted by Crippen LogP contribution is -2.01. The van der Waals surface area contributed by atoms with Gasteiger partial charge in [0.1, 0.15) is 11.4 Å². The van der Waals surface area contributed by atoms with E-state index in [4.69, 9.17) is 9.26 Å². The first-order valence-electron chi connectivity index (χ1n) is 6.49. The van der Waals surface area contributed by atoms with Crippen LogP contribution >= 0.6 is 0 Å². The molecule has 1 aromatic heterocycles. The molecule has 0 bridgehead atoms. The van der Waals surface area contributed by atoms with E-state index in [1.807, 2.05) is 54.6 Å². The lowest BCUT2D eigenvalue weighted by Gasteiger charge is -2.08. The summed E-state index contributed by atoms with van der Waals surface area (Å²) in [7, 11) is 1.61. The van der Waals surface area contributed by atoms with E-state index in [0.717, 1.165) is 22.4 Å². The van der Waals surface area contributed by atoms with Crippen molar-refractivity contribution >= 4 is 0 Å². The first kappa shape index (κ1) is 13.1. The van der Waals surface area contributed by atoms with Crippen molar-refractivity contribution in [2.75, 3.05) is 7.11 Å². The number of ether oxygens (including phenoxy) is 1. The smallest absolute Gasteiger partial charge is 0.359 e. The van der Waals surface area contributed by atoms with E-state index in [1.165, 1.54) is 6.07 Å². The maximum absolute atomic E-state index is 11.5. The Morgan fingerprint density at radius 3 is 2.33 bits per heavy atom. The molecule has 0 aliphatic heterocycles. The summed E-state index contributed by atoms with van der Waals surface area (Å²) in [5.41, 5.74) is 2.68. The van der Waals surface area contributed by atoms with Crippen molar-refractivity contribution in [2.45, 2.75) is 0 Å². The lowest BCUT2D eigenvalue weighted by molar-refractivity contribution is 0.374. The molecule has 0 amide bonds. The van der Waals surface area contributed by atoms with Gasteiger partial charge in [0, 0.05) is 17.2 Å². The van der Waals surface area contributed by atoms with Gasteiger partial charge in [0.2, 0.25) is 0 Å². The summed E-state index contributed by atoms with van der Waals surface area (Å²) < 4.78 is 9.94. The maximum atomic E-state index is 11.5. The molecule has 0 aliphatic carbocycles. The van der Waals surface area contributed by atoms with E-state index in [1.54, 1.807) is 7.11 Å². The average Bonchev–Trinajstić information content (AvgIpc) is 2.56. The third kappa shape index (κ3) is 2.69. The molecule has 1 heterocycles. The Balaban J connectivity index is 2.16. The molecule has 0 saturated heterocycles. The second kappa shape index (κ2) is 5.63. The van der Waals surface area contributed by atoms with E-state index in [9.17, 15) is 4.79 Å². The summed E-state index contributed by atoms with van der Waals surface area (Å²) in [4.78, 5) is 11.5. The molecule has 3 rings (SSSR count). The molecule has 0 aliphatic rings. The molecule has 4 nitrogen and oxygen atoms in total. The summed E-state index contributed by atoms with van der Waals surface area (Å²) in [6.45, 7) is 0. The predicted octanol–water partition coefficient (Wildman–Crippen LogP) is 3.38. The zero-order chi connectivity index (χ0) is 14.7. The van der Waals surface area contributed by atoms with Crippen LogP contribution in [0.5, 0.6) is 5.75 Å². The number of benzene rings is 2. The molecular weight excluding hydrogens is 266 g/mol. The summed E-state index contributed by atoms with van der Waals surface area (Å²) in [5.74, 6) is 0.760.